The summed E-state index contributed by atoms with van der Waals surface area (Å²) in [5.74, 6) is 1.04. The fraction of sp³-hybridized carbons (Fsp3) is 0.684. The Balaban J connectivity index is 1.60. The molecule has 0 aromatic heterocycles. The first-order valence-corrected chi connectivity index (χ1v) is 8.46. The highest BCUT2D eigenvalue weighted by molar-refractivity contribution is 5.55. The van der Waals surface area contributed by atoms with E-state index in [1.165, 1.54) is 49.8 Å². The second-order valence-corrected chi connectivity index (χ2v) is 8.11. The first kappa shape index (κ1) is 14.7. The van der Waals surface area contributed by atoms with E-state index in [2.05, 4.69) is 44.3 Å². The molecule has 1 fully saturated rings. The van der Waals surface area contributed by atoms with Gasteiger partial charge in [0.2, 0.25) is 0 Å². The quantitative estimate of drug-likeness (QED) is 0.842. The molecule has 2 nitrogen and oxygen atoms in total. The van der Waals surface area contributed by atoms with E-state index in [-0.39, 0.29) is 0 Å². The third kappa shape index (κ3) is 3.53. The number of benzene rings is 1. The molecule has 2 heteroatoms. The number of hydrogen-bond donors (Lipinski definition) is 1. The molecular weight excluding hydrogens is 258 g/mol. The van der Waals surface area contributed by atoms with Gasteiger partial charge in [-0.3, -0.25) is 0 Å². The van der Waals surface area contributed by atoms with Crippen LogP contribution in [0.4, 0.5) is 5.69 Å². The van der Waals surface area contributed by atoms with E-state index in [1.807, 2.05) is 0 Å². The number of hydrogen-bond acceptors (Lipinski definition) is 2. The van der Waals surface area contributed by atoms with Gasteiger partial charge in [-0.2, -0.15) is 0 Å². The van der Waals surface area contributed by atoms with Gasteiger partial charge in [-0.15, -0.1) is 0 Å². The molecule has 0 unspecified atom stereocenters. The molecule has 1 aromatic carbocycles. The third-order valence-corrected chi connectivity index (χ3v) is 5.41. The third-order valence-electron chi connectivity index (χ3n) is 5.41. The standard InChI is InChI=1S/C19H29NO/c1-18(2)8-10-19(3,11-9-18)14-21-16-6-7-17-15(13-16)5-4-12-20-17/h6-7,13,20H,4-5,8-12,14H2,1-3H3. The molecule has 0 bridgehead atoms. The zero-order valence-corrected chi connectivity index (χ0v) is 13.8. The first-order chi connectivity index (χ1) is 9.96. The molecule has 0 radical (unpaired) electrons. The van der Waals surface area contributed by atoms with E-state index in [4.69, 9.17) is 4.74 Å². The number of aryl methyl sites for hydroxylation is 1. The molecule has 2 aliphatic rings. The molecular formula is C19H29NO. The molecule has 1 aliphatic carbocycles. The normalized spacial score (nSPS) is 23.0. The zero-order valence-electron chi connectivity index (χ0n) is 13.8. The van der Waals surface area contributed by atoms with Crippen molar-refractivity contribution >= 4 is 5.69 Å². The number of anilines is 1. The Morgan fingerprint density at radius 1 is 1.10 bits per heavy atom. The van der Waals surface area contributed by atoms with Crippen molar-refractivity contribution in [2.24, 2.45) is 10.8 Å². The molecule has 3 rings (SSSR count). The van der Waals surface area contributed by atoms with Crippen molar-refractivity contribution < 1.29 is 4.74 Å². The van der Waals surface area contributed by atoms with Crippen LogP contribution in [0.5, 0.6) is 5.75 Å². The summed E-state index contributed by atoms with van der Waals surface area (Å²) in [6.45, 7) is 9.13. The summed E-state index contributed by atoms with van der Waals surface area (Å²) in [5.41, 5.74) is 3.58. The van der Waals surface area contributed by atoms with Crippen LogP contribution in [0, 0.1) is 10.8 Å². The molecule has 1 N–H and O–H groups in total. The van der Waals surface area contributed by atoms with E-state index >= 15 is 0 Å². The van der Waals surface area contributed by atoms with Crippen molar-refractivity contribution in [3.05, 3.63) is 23.8 Å². The largest absolute Gasteiger partial charge is 0.493 e. The minimum atomic E-state index is 0.351. The van der Waals surface area contributed by atoms with Gasteiger partial charge in [0.15, 0.2) is 0 Å². The number of rotatable bonds is 3. The summed E-state index contributed by atoms with van der Waals surface area (Å²) in [4.78, 5) is 0. The monoisotopic (exact) mass is 287 g/mol. The Labute approximate surface area is 129 Å². The molecule has 1 aliphatic heterocycles. The molecule has 0 amide bonds. The lowest BCUT2D eigenvalue weighted by Crippen LogP contribution is -2.33. The van der Waals surface area contributed by atoms with Crippen LogP contribution < -0.4 is 10.1 Å². The topological polar surface area (TPSA) is 21.3 Å². The average molecular weight is 287 g/mol. The van der Waals surface area contributed by atoms with Crippen LogP contribution >= 0.6 is 0 Å². The van der Waals surface area contributed by atoms with Gasteiger partial charge in [-0.1, -0.05) is 20.8 Å². The maximum atomic E-state index is 6.15. The van der Waals surface area contributed by atoms with Crippen LogP contribution in [0.2, 0.25) is 0 Å². The lowest BCUT2D eigenvalue weighted by molar-refractivity contribution is 0.0658. The molecule has 116 valence electrons. The predicted molar refractivity (Wildman–Crippen MR) is 89.1 cm³/mol. The Morgan fingerprint density at radius 2 is 1.86 bits per heavy atom. The SMILES string of the molecule is CC1(C)CCC(C)(COc2ccc3c(c2)CCCN3)CC1. The van der Waals surface area contributed by atoms with Crippen molar-refractivity contribution in [3.63, 3.8) is 0 Å². The van der Waals surface area contributed by atoms with Gasteiger partial charge in [0.05, 0.1) is 6.61 Å². The summed E-state index contributed by atoms with van der Waals surface area (Å²) in [6, 6.07) is 6.53. The molecule has 0 saturated heterocycles. The molecule has 0 atom stereocenters. The fourth-order valence-corrected chi connectivity index (χ4v) is 3.47. The molecule has 0 spiro atoms. The van der Waals surface area contributed by atoms with Gasteiger partial charge in [0.25, 0.3) is 0 Å². The Morgan fingerprint density at radius 3 is 2.62 bits per heavy atom. The van der Waals surface area contributed by atoms with Crippen molar-refractivity contribution in [2.75, 3.05) is 18.5 Å². The minimum Gasteiger partial charge on any atom is -0.493 e. The van der Waals surface area contributed by atoms with E-state index < -0.39 is 0 Å². The average Bonchev–Trinajstić information content (AvgIpc) is 2.49. The fourth-order valence-electron chi connectivity index (χ4n) is 3.47. The molecule has 1 saturated carbocycles. The Bertz CT molecular complexity index is 496. The van der Waals surface area contributed by atoms with Crippen LogP contribution in [0.1, 0.15) is 58.4 Å². The van der Waals surface area contributed by atoms with Gasteiger partial charge in [0.1, 0.15) is 5.75 Å². The van der Waals surface area contributed by atoms with Crippen LogP contribution in [0.15, 0.2) is 18.2 Å². The van der Waals surface area contributed by atoms with Gasteiger partial charge in [-0.25, -0.2) is 0 Å². The van der Waals surface area contributed by atoms with E-state index in [9.17, 15) is 0 Å². The van der Waals surface area contributed by atoms with Crippen molar-refractivity contribution in [2.45, 2.75) is 59.3 Å². The second-order valence-electron chi connectivity index (χ2n) is 8.11. The van der Waals surface area contributed by atoms with Crippen LogP contribution in [0.25, 0.3) is 0 Å². The maximum absolute atomic E-state index is 6.15. The lowest BCUT2D eigenvalue weighted by atomic mass is 9.66. The highest BCUT2D eigenvalue weighted by atomic mass is 16.5. The zero-order chi connectivity index (χ0) is 14.9. The van der Waals surface area contributed by atoms with Crippen molar-refractivity contribution in [3.8, 4) is 5.75 Å². The predicted octanol–water partition coefficient (Wildman–Crippen LogP) is 5.03. The smallest absolute Gasteiger partial charge is 0.119 e. The van der Waals surface area contributed by atoms with Crippen LogP contribution in [0.3, 0.4) is 0 Å². The highest BCUT2D eigenvalue weighted by Crippen LogP contribution is 2.45. The first-order valence-electron chi connectivity index (χ1n) is 8.46. The number of ether oxygens (including phenoxy) is 1. The minimum absolute atomic E-state index is 0.351. The number of nitrogens with one attached hydrogen (secondary N) is 1. The van der Waals surface area contributed by atoms with Crippen LogP contribution in [-0.4, -0.2) is 13.2 Å². The van der Waals surface area contributed by atoms with Crippen molar-refractivity contribution in [1.82, 2.24) is 0 Å². The summed E-state index contributed by atoms with van der Waals surface area (Å²) in [7, 11) is 0. The summed E-state index contributed by atoms with van der Waals surface area (Å²) in [6.07, 6.45) is 7.61. The van der Waals surface area contributed by atoms with Gasteiger partial charge in [0, 0.05) is 17.6 Å². The lowest BCUT2D eigenvalue weighted by Gasteiger charge is -2.41. The Kier molecular flexibility index (Phi) is 3.90. The highest BCUT2D eigenvalue weighted by Gasteiger charge is 2.35. The summed E-state index contributed by atoms with van der Waals surface area (Å²) < 4.78 is 6.15. The van der Waals surface area contributed by atoms with Gasteiger partial charge >= 0.3 is 0 Å². The van der Waals surface area contributed by atoms with E-state index in [1.54, 1.807) is 0 Å². The Hall–Kier alpha value is -1.18. The summed E-state index contributed by atoms with van der Waals surface area (Å²) >= 11 is 0. The molecule has 21 heavy (non-hydrogen) atoms. The second kappa shape index (κ2) is 5.55. The molecule has 1 aromatic rings. The summed E-state index contributed by atoms with van der Waals surface area (Å²) in [5, 5.41) is 3.46. The number of fused-ring (bicyclic) bond motifs is 1. The van der Waals surface area contributed by atoms with E-state index in [0.29, 0.717) is 10.8 Å². The van der Waals surface area contributed by atoms with E-state index in [0.717, 1.165) is 18.9 Å². The molecule has 1 heterocycles. The van der Waals surface area contributed by atoms with Gasteiger partial charge < -0.3 is 10.1 Å². The maximum Gasteiger partial charge on any atom is 0.119 e. The van der Waals surface area contributed by atoms with Crippen LogP contribution in [-0.2, 0) is 6.42 Å². The van der Waals surface area contributed by atoms with Gasteiger partial charge in [-0.05, 0) is 67.7 Å². The van der Waals surface area contributed by atoms with Crippen molar-refractivity contribution in [1.29, 1.82) is 0 Å².